The van der Waals surface area contributed by atoms with Crippen molar-refractivity contribution >= 4 is 11.9 Å². The summed E-state index contributed by atoms with van der Waals surface area (Å²) < 4.78 is 1.82. The zero-order chi connectivity index (χ0) is 19.6. The van der Waals surface area contributed by atoms with Crippen molar-refractivity contribution in [2.75, 3.05) is 13.1 Å². The van der Waals surface area contributed by atoms with E-state index in [1.165, 1.54) is 5.56 Å². The van der Waals surface area contributed by atoms with Gasteiger partial charge in [-0.25, -0.2) is 4.79 Å². The van der Waals surface area contributed by atoms with Gasteiger partial charge in [-0.3, -0.25) is 9.48 Å². The lowest BCUT2D eigenvalue weighted by Gasteiger charge is -2.33. The van der Waals surface area contributed by atoms with Gasteiger partial charge in [0.1, 0.15) is 6.54 Å². The van der Waals surface area contributed by atoms with E-state index in [1.54, 1.807) is 12.1 Å². The first-order chi connectivity index (χ1) is 12.9. The average Bonchev–Trinajstić information content (AvgIpc) is 2.94. The molecule has 0 saturated carbocycles. The van der Waals surface area contributed by atoms with E-state index < -0.39 is 5.97 Å². The summed E-state index contributed by atoms with van der Waals surface area (Å²) in [4.78, 5) is 25.8. The van der Waals surface area contributed by atoms with Crippen LogP contribution in [0.2, 0.25) is 0 Å². The molecule has 2 aromatic rings. The van der Waals surface area contributed by atoms with Crippen molar-refractivity contribution in [3.8, 4) is 0 Å². The molecule has 0 unspecified atom stereocenters. The predicted molar refractivity (Wildman–Crippen MR) is 103 cm³/mol. The number of carboxylic acids is 1. The first kappa shape index (κ1) is 19.1. The van der Waals surface area contributed by atoms with Crippen molar-refractivity contribution in [2.24, 2.45) is 0 Å². The summed E-state index contributed by atoms with van der Waals surface area (Å²) >= 11 is 0. The van der Waals surface area contributed by atoms with Crippen molar-refractivity contribution < 1.29 is 14.7 Å². The molecular formula is C21H27N3O3. The maximum absolute atomic E-state index is 12.8. The minimum absolute atomic E-state index is 0.0927. The Morgan fingerprint density at radius 3 is 2.52 bits per heavy atom. The molecule has 1 amide bonds. The molecule has 1 aliphatic rings. The van der Waals surface area contributed by atoms with Crippen LogP contribution < -0.4 is 0 Å². The van der Waals surface area contributed by atoms with Gasteiger partial charge in [-0.15, -0.1) is 0 Å². The van der Waals surface area contributed by atoms with Crippen molar-refractivity contribution in [3.63, 3.8) is 0 Å². The normalized spacial score (nSPS) is 17.1. The Bertz CT molecular complexity index is 839. The Labute approximate surface area is 159 Å². The van der Waals surface area contributed by atoms with E-state index in [-0.39, 0.29) is 18.4 Å². The number of hydrogen-bond donors (Lipinski definition) is 1. The lowest BCUT2D eigenvalue weighted by Crippen LogP contribution is -2.41. The van der Waals surface area contributed by atoms with Crippen LogP contribution >= 0.6 is 0 Å². The molecule has 0 aliphatic carbocycles. The fourth-order valence-corrected chi connectivity index (χ4v) is 4.00. The number of nitrogens with zero attached hydrogens (tertiary/aromatic N) is 3. The van der Waals surface area contributed by atoms with E-state index in [0.29, 0.717) is 12.1 Å². The number of benzene rings is 1. The largest absolute Gasteiger partial charge is 0.478 e. The number of aryl methyl sites for hydroxylation is 1. The van der Waals surface area contributed by atoms with Crippen LogP contribution in [0.25, 0.3) is 0 Å². The summed E-state index contributed by atoms with van der Waals surface area (Å²) in [7, 11) is 0. The average molecular weight is 369 g/mol. The molecule has 0 spiro atoms. The number of aromatic carboxylic acids is 1. The highest BCUT2D eigenvalue weighted by Gasteiger charge is 2.25. The molecule has 3 rings (SSSR count). The Hall–Kier alpha value is -2.63. The molecule has 1 aliphatic heterocycles. The number of aromatic nitrogens is 2. The Morgan fingerprint density at radius 2 is 1.93 bits per heavy atom. The topological polar surface area (TPSA) is 75.4 Å². The van der Waals surface area contributed by atoms with E-state index in [4.69, 9.17) is 5.11 Å². The van der Waals surface area contributed by atoms with E-state index >= 15 is 0 Å². The van der Waals surface area contributed by atoms with Crippen LogP contribution in [0, 0.1) is 13.8 Å². The zero-order valence-electron chi connectivity index (χ0n) is 16.2. The van der Waals surface area contributed by atoms with Crippen LogP contribution in [0.4, 0.5) is 0 Å². The Balaban J connectivity index is 1.68. The number of hydrogen-bond acceptors (Lipinski definition) is 3. The first-order valence-electron chi connectivity index (χ1n) is 9.54. The highest BCUT2D eigenvalue weighted by molar-refractivity contribution is 5.87. The number of carboxylic acid groups (broad SMARTS) is 1. The zero-order valence-corrected chi connectivity index (χ0v) is 16.2. The van der Waals surface area contributed by atoms with Crippen LogP contribution in [0.5, 0.6) is 0 Å². The molecule has 1 aromatic heterocycles. The smallest absolute Gasteiger partial charge is 0.335 e. The number of piperidine rings is 1. The number of rotatable bonds is 5. The van der Waals surface area contributed by atoms with Crippen LogP contribution in [0.15, 0.2) is 24.3 Å². The SMILES string of the molecule is CCc1c(C)nn(CC(=O)N2CCC[C@@H](c3ccc(C(=O)O)cc3)C2)c1C. The highest BCUT2D eigenvalue weighted by atomic mass is 16.4. The molecule has 1 N–H and O–H groups in total. The third kappa shape index (κ3) is 4.04. The van der Waals surface area contributed by atoms with Crippen LogP contribution in [-0.4, -0.2) is 44.8 Å². The van der Waals surface area contributed by atoms with Crippen molar-refractivity contribution in [3.05, 3.63) is 52.3 Å². The Kier molecular flexibility index (Phi) is 5.63. The van der Waals surface area contributed by atoms with E-state index in [0.717, 1.165) is 42.8 Å². The summed E-state index contributed by atoms with van der Waals surface area (Å²) in [5.74, 6) is -0.578. The summed E-state index contributed by atoms with van der Waals surface area (Å²) in [5.41, 5.74) is 4.67. The van der Waals surface area contributed by atoms with E-state index in [1.807, 2.05) is 35.6 Å². The summed E-state index contributed by atoms with van der Waals surface area (Å²) in [6, 6.07) is 7.02. The second kappa shape index (κ2) is 7.94. The van der Waals surface area contributed by atoms with Crippen molar-refractivity contribution in [1.82, 2.24) is 14.7 Å². The molecular weight excluding hydrogens is 342 g/mol. The predicted octanol–water partition coefficient (Wildman–Crippen LogP) is 3.17. The minimum atomic E-state index is -0.918. The van der Waals surface area contributed by atoms with Crippen LogP contribution in [0.1, 0.15) is 58.6 Å². The summed E-state index contributed by atoms with van der Waals surface area (Å²) in [5, 5.41) is 13.6. The van der Waals surface area contributed by atoms with Gasteiger partial charge in [-0.2, -0.15) is 5.10 Å². The highest BCUT2D eigenvalue weighted by Crippen LogP contribution is 2.27. The number of likely N-dealkylation sites (tertiary alicyclic amines) is 1. The lowest BCUT2D eigenvalue weighted by molar-refractivity contribution is -0.133. The molecule has 1 atom stereocenters. The molecule has 27 heavy (non-hydrogen) atoms. The second-order valence-corrected chi connectivity index (χ2v) is 7.27. The van der Waals surface area contributed by atoms with Gasteiger partial charge >= 0.3 is 5.97 Å². The standard InChI is InChI=1S/C21H27N3O3/c1-4-19-14(2)22-24(15(19)3)13-20(25)23-11-5-6-18(12-23)16-7-9-17(10-8-16)21(26)27/h7-10,18H,4-6,11-13H2,1-3H3,(H,26,27)/t18-/m1/s1. The van der Waals surface area contributed by atoms with E-state index in [2.05, 4.69) is 12.0 Å². The minimum Gasteiger partial charge on any atom is -0.478 e. The fraction of sp³-hybridized carbons (Fsp3) is 0.476. The van der Waals surface area contributed by atoms with Gasteiger partial charge in [-0.1, -0.05) is 19.1 Å². The third-order valence-corrected chi connectivity index (χ3v) is 5.57. The van der Waals surface area contributed by atoms with E-state index in [9.17, 15) is 9.59 Å². The molecule has 1 aromatic carbocycles. The summed E-state index contributed by atoms with van der Waals surface area (Å²) in [6.07, 6.45) is 2.88. The van der Waals surface area contributed by atoms with Gasteiger partial charge in [0, 0.05) is 24.7 Å². The lowest BCUT2D eigenvalue weighted by atomic mass is 9.90. The van der Waals surface area contributed by atoms with Gasteiger partial charge in [0.25, 0.3) is 0 Å². The number of carbonyl (C=O) groups excluding carboxylic acids is 1. The van der Waals surface area contributed by atoms with Crippen molar-refractivity contribution in [1.29, 1.82) is 0 Å². The third-order valence-electron chi connectivity index (χ3n) is 5.57. The second-order valence-electron chi connectivity index (χ2n) is 7.27. The molecule has 1 saturated heterocycles. The molecule has 6 heteroatoms. The van der Waals surface area contributed by atoms with Gasteiger partial charge in [0.15, 0.2) is 0 Å². The summed E-state index contributed by atoms with van der Waals surface area (Å²) in [6.45, 7) is 7.83. The molecule has 144 valence electrons. The molecule has 0 bridgehead atoms. The molecule has 6 nitrogen and oxygen atoms in total. The maximum atomic E-state index is 12.8. The van der Waals surface area contributed by atoms with Crippen LogP contribution in [-0.2, 0) is 17.8 Å². The Morgan fingerprint density at radius 1 is 1.22 bits per heavy atom. The van der Waals surface area contributed by atoms with Gasteiger partial charge < -0.3 is 10.0 Å². The molecule has 1 fully saturated rings. The fourth-order valence-electron chi connectivity index (χ4n) is 4.00. The number of carbonyl (C=O) groups is 2. The number of amides is 1. The van der Waals surface area contributed by atoms with Crippen LogP contribution in [0.3, 0.4) is 0 Å². The quantitative estimate of drug-likeness (QED) is 0.878. The molecule has 0 radical (unpaired) electrons. The first-order valence-corrected chi connectivity index (χ1v) is 9.54. The van der Waals surface area contributed by atoms with Crippen molar-refractivity contribution in [2.45, 2.75) is 52.5 Å². The molecule has 2 heterocycles. The van der Waals surface area contributed by atoms with Gasteiger partial charge in [0.2, 0.25) is 5.91 Å². The monoisotopic (exact) mass is 369 g/mol. The van der Waals surface area contributed by atoms with Gasteiger partial charge in [-0.05, 0) is 56.4 Å². The van der Waals surface area contributed by atoms with Gasteiger partial charge in [0.05, 0.1) is 11.3 Å². The maximum Gasteiger partial charge on any atom is 0.335 e.